The molecule has 4 atom stereocenters. The number of aliphatic carboxylic acids is 2. The van der Waals surface area contributed by atoms with Gasteiger partial charge in [0.2, 0.25) is 29.5 Å². The maximum absolute atomic E-state index is 12.4. The van der Waals surface area contributed by atoms with Crippen LogP contribution in [0.5, 0.6) is 0 Å². The molecule has 0 aliphatic rings. The van der Waals surface area contributed by atoms with E-state index >= 15 is 0 Å². The van der Waals surface area contributed by atoms with Crippen LogP contribution in [0.3, 0.4) is 0 Å². The second-order valence-electron chi connectivity index (χ2n) is 6.25. The molecule has 0 fully saturated rings. The van der Waals surface area contributed by atoms with Crippen molar-refractivity contribution >= 4 is 41.5 Å². The van der Waals surface area contributed by atoms with Crippen molar-refractivity contribution < 1.29 is 43.8 Å². The molecular formula is C15H24N6O9. The third-order valence-corrected chi connectivity index (χ3v) is 3.48. The van der Waals surface area contributed by atoms with E-state index in [0.717, 1.165) is 0 Å². The summed E-state index contributed by atoms with van der Waals surface area (Å²) in [5, 5.41) is 24.0. The van der Waals surface area contributed by atoms with Crippen LogP contribution in [0.25, 0.3) is 0 Å². The number of primary amides is 2. The third-order valence-electron chi connectivity index (χ3n) is 3.48. The predicted octanol–water partition coefficient (Wildman–Crippen LogP) is -4.90. The van der Waals surface area contributed by atoms with Gasteiger partial charge in [0, 0.05) is 0 Å². The molecule has 0 saturated heterocycles. The summed E-state index contributed by atoms with van der Waals surface area (Å²) in [6, 6.07) is -6.22. The van der Waals surface area contributed by atoms with Gasteiger partial charge in [-0.05, 0) is 6.92 Å². The maximum atomic E-state index is 12.4. The molecule has 15 heteroatoms. The second-order valence-corrected chi connectivity index (χ2v) is 6.25. The quantitative estimate of drug-likeness (QED) is 0.137. The normalized spacial score (nSPS) is 14.3. The Kier molecular flexibility index (Phi) is 10.5. The Morgan fingerprint density at radius 3 is 1.43 bits per heavy atom. The van der Waals surface area contributed by atoms with Crippen molar-refractivity contribution in [2.45, 2.75) is 50.4 Å². The van der Waals surface area contributed by atoms with Crippen LogP contribution < -0.4 is 33.2 Å². The molecule has 11 N–H and O–H groups in total. The minimum absolute atomic E-state index is 0.689. The average Bonchev–Trinajstić information content (AvgIpc) is 2.58. The minimum Gasteiger partial charge on any atom is -0.481 e. The third kappa shape index (κ3) is 9.98. The summed E-state index contributed by atoms with van der Waals surface area (Å²) in [6.45, 7) is 1.29. The van der Waals surface area contributed by atoms with Gasteiger partial charge in [0.05, 0.1) is 25.3 Å². The number of hydrogen-bond donors (Lipinski definition) is 8. The zero-order valence-electron chi connectivity index (χ0n) is 15.9. The van der Waals surface area contributed by atoms with Gasteiger partial charge in [-0.15, -0.1) is 0 Å². The van der Waals surface area contributed by atoms with E-state index in [0.29, 0.717) is 0 Å². The second kappa shape index (κ2) is 11.9. The topological polar surface area (TPSA) is 274 Å². The molecule has 0 aromatic carbocycles. The van der Waals surface area contributed by atoms with Gasteiger partial charge in [-0.3, -0.25) is 28.8 Å². The highest BCUT2D eigenvalue weighted by atomic mass is 16.4. The van der Waals surface area contributed by atoms with Crippen LogP contribution in [0.15, 0.2) is 0 Å². The Morgan fingerprint density at radius 1 is 0.700 bits per heavy atom. The van der Waals surface area contributed by atoms with Crippen molar-refractivity contribution in [1.82, 2.24) is 16.0 Å². The van der Waals surface area contributed by atoms with Crippen molar-refractivity contribution in [2.24, 2.45) is 17.2 Å². The Bertz CT molecular complexity index is 723. The van der Waals surface area contributed by atoms with E-state index in [1.807, 2.05) is 10.6 Å². The average molecular weight is 432 g/mol. The van der Waals surface area contributed by atoms with Gasteiger partial charge >= 0.3 is 11.9 Å². The van der Waals surface area contributed by atoms with Crippen molar-refractivity contribution in [2.75, 3.05) is 0 Å². The number of carbonyl (C=O) groups is 7. The zero-order chi connectivity index (χ0) is 23.6. The monoisotopic (exact) mass is 432 g/mol. The summed E-state index contributed by atoms with van der Waals surface area (Å²) in [5.41, 5.74) is 15.3. The number of nitrogens with two attached hydrogens (primary N) is 3. The largest absolute Gasteiger partial charge is 0.481 e. The fourth-order valence-electron chi connectivity index (χ4n) is 2.04. The number of carboxylic acids is 2. The van der Waals surface area contributed by atoms with Gasteiger partial charge in [0.25, 0.3) is 0 Å². The first-order valence-electron chi connectivity index (χ1n) is 8.42. The van der Waals surface area contributed by atoms with Gasteiger partial charge in [-0.2, -0.15) is 0 Å². The molecule has 0 aliphatic heterocycles. The number of carboxylic acid groups (broad SMARTS) is 2. The van der Waals surface area contributed by atoms with E-state index in [-0.39, 0.29) is 0 Å². The number of nitrogens with one attached hydrogen (secondary N) is 3. The molecule has 0 heterocycles. The van der Waals surface area contributed by atoms with Crippen molar-refractivity contribution in [3.63, 3.8) is 0 Å². The lowest BCUT2D eigenvalue weighted by Crippen LogP contribution is -2.58. The van der Waals surface area contributed by atoms with Gasteiger partial charge in [0.15, 0.2) is 0 Å². The molecule has 30 heavy (non-hydrogen) atoms. The van der Waals surface area contributed by atoms with E-state index in [4.69, 9.17) is 27.4 Å². The van der Waals surface area contributed by atoms with Crippen LogP contribution >= 0.6 is 0 Å². The molecule has 0 aromatic rings. The van der Waals surface area contributed by atoms with E-state index < -0.39 is 84.9 Å². The Labute approximate surface area is 169 Å². The summed E-state index contributed by atoms with van der Waals surface area (Å²) >= 11 is 0. The summed E-state index contributed by atoms with van der Waals surface area (Å²) < 4.78 is 0. The SMILES string of the molecule is CC(N)C(=O)NC(CC(N)=O)C(=O)NC(CC(=O)O)C(=O)NC(CC(N)=O)C(=O)O. The lowest BCUT2D eigenvalue weighted by molar-refractivity contribution is -0.145. The van der Waals surface area contributed by atoms with E-state index in [2.05, 4.69) is 5.32 Å². The number of hydrogen-bond acceptors (Lipinski definition) is 8. The Morgan fingerprint density at radius 2 is 1.07 bits per heavy atom. The summed E-state index contributed by atoms with van der Waals surface area (Å²) in [5.74, 6) is -8.44. The molecule has 0 radical (unpaired) electrons. The molecule has 4 unspecified atom stereocenters. The Balaban J connectivity index is 5.50. The van der Waals surface area contributed by atoms with Crippen LogP contribution in [-0.4, -0.2) is 75.9 Å². The molecule has 15 nitrogen and oxygen atoms in total. The van der Waals surface area contributed by atoms with Crippen LogP contribution in [-0.2, 0) is 33.6 Å². The van der Waals surface area contributed by atoms with Crippen molar-refractivity contribution in [1.29, 1.82) is 0 Å². The van der Waals surface area contributed by atoms with E-state index in [1.54, 1.807) is 0 Å². The molecule has 0 bridgehead atoms. The van der Waals surface area contributed by atoms with Crippen LogP contribution in [0.1, 0.15) is 26.2 Å². The fraction of sp³-hybridized carbons (Fsp3) is 0.533. The minimum atomic E-state index is -1.81. The number of amides is 5. The van der Waals surface area contributed by atoms with Crippen LogP contribution in [0.2, 0.25) is 0 Å². The molecule has 168 valence electrons. The highest BCUT2D eigenvalue weighted by Gasteiger charge is 2.32. The number of carbonyl (C=O) groups excluding carboxylic acids is 5. The van der Waals surface area contributed by atoms with E-state index in [9.17, 15) is 33.6 Å². The van der Waals surface area contributed by atoms with Crippen molar-refractivity contribution in [3.8, 4) is 0 Å². The first kappa shape index (κ1) is 26.2. The summed E-state index contributed by atoms with van der Waals surface area (Å²) in [6.07, 6.45) is -2.46. The van der Waals surface area contributed by atoms with Gasteiger partial charge in [0.1, 0.15) is 18.1 Å². The molecule has 0 rings (SSSR count). The fourth-order valence-corrected chi connectivity index (χ4v) is 2.04. The molecule has 0 aromatic heterocycles. The standard InChI is InChI=1S/C15H24N6O9/c1-5(16)12(26)19-6(2-9(17)22)13(27)20-7(4-11(24)25)14(28)21-8(15(29)30)3-10(18)23/h5-8H,2-4,16H2,1H3,(H2,17,22)(H2,18,23)(H,19,26)(H,20,27)(H,21,28)(H,24,25)(H,29,30). The lowest BCUT2D eigenvalue weighted by atomic mass is 10.1. The molecule has 0 spiro atoms. The lowest BCUT2D eigenvalue weighted by Gasteiger charge is -2.23. The molecule has 0 saturated carbocycles. The Hall–Kier alpha value is -3.75. The smallest absolute Gasteiger partial charge is 0.326 e. The van der Waals surface area contributed by atoms with E-state index in [1.165, 1.54) is 6.92 Å². The highest BCUT2D eigenvalue weighted by molar-refractivity contribution is 5.97. The first-order valence-corrected chi connectivity index (χ1v) is 8.42. The van der Waals surface area contributed by atoms with Crippen molar-refractivity contribution in [3.05, 3.63) is 0 Å². The molecule has 5 amide bonds. The summed E-state index contributed by atoms with van der Waals surface area (Å²) in [7, 11) is 0. The van der Waals surface area contributed by atoms with Crippen LogP contribution in [0, 0.1) is 0 Å². The molecule has 0 aliphatic carbocycles. The zero-order valence-corrected chi connectivity index (χ0v) is 15.9. The molecular weight excluding hydrogens is 408 g/mol. The predicted molar refractivity (Wildman–Crippen MR) is 97.0 cm³/mol. The van der Waals surface area contributed by atoms with Gasteiger partial charge in [-0.25, -0.2) is 4.79 Å². The first-order chi connectivity index (χ1) is 13.7. The van der Waals surface area contributed by atoms with Gasteiger partial charge < -0.3 is 43.4 Å². The highest BCUT2D eigenvalue weighted by Crippen LogP contribution is 2.01. The van der Waals surface area contributed by atoms with Crippen LogP contribution in [0.4, 0.5) is 0 Å². The number of rotatable bonds is 13. The maximum Gasteiger partial charge on any atom is 0.326 e. The van der Waals surface area contributed by atoms with Gasteiger partial charge in [-0.1, -0.05) is 0 Å². The summed E-state index contributed by atoms with van der Waals surface area (Å²) in [4.78, 5) is 80.6.